The van der Waals surface area contributed by atoms with Crippen LogP contribution in [0.25, 0.3) is 0 Å². The van der Waals surface area contributed by atoms with E-state index in [9.17, 15) is 4.79 Å². The van der Waals surface area contributed by atoms with E-state index in [-0.39, 0.29) is 5.78 Å². The van der Waals surface area contributed by atoms with Gasteiger partial charge in [-0.2, -0.15) is 5.10 Å². The number of rotatable bonds is 5. The van der Waals surface area contributed by atoms with Crippen molar-refractivity contribution in [3.8, 4) is 5.75 Å². The van der Waals surface area contributed by atoms with Gasteiger partial charge in [0.2, 0.25) is 0 Å². The second-order valence-corrected chi connectivity index (χ2v) is 6.52. The molecular weight excluding hydrogens is 338 g/mol. The molecule has 0 N–H and O–H groups in total. The minimum atomic E-state index is 0.00143. The number of ether oxygens (including phenoxy) is 1. The van der Waals surface area contributed by atoms with Crippen LogP contribution in [0.3, 0.4) is 0 Å². The predicted molar refractivity (Wildman–Crippen MR) is 105 cm³/mol. The van der Waals surface area contributed by atoms with E-state index in [0.29, 0.717) is 18.7 Å². The van der Waals surface area contributed by atoms with Crippen LogP contribution in [0, 0.1) is 0 Å². The highest BCUT2D eigenvalue weighted by Crippen LogP contribution is 2.27. The van der Waals surface area contributed by atoms with Gasteiger partial charge < -0.3 is 9.64 Å². The number of nitrogens with zero attached hydrogens (tertiary/aromatic N) is 3. The van der Waals surface area contributed by atoms with Crippen LogP contribution >= 0.6 is 0 Å². The fourth-order valence-electron chi connectivity index (χ4n) is 3.31. The van der Waals surface area contributed by atoms with Crippen LogP contribution < -0.4 is 9.64 Å². The van der Waals surface area contributed by atoms with Crippen molar-refractivity contribution in [1.82, 2.24) is 9.78 Å². The van der Waals surface area contributed by atoms with Crippen molar-refractivity contribution in [3.05, 3.63) is 89.6 Å². The Bertz CT molecular complexity index is 959. The maximum atomic E-state index is 12.5. The first-order chi connectivity index (χ1) is 13.2. The van der Waals surface area contributed by atoms with Gasteiger partial charge in [-0.3, -0.25) is 4.79 Å². The van der Waals surface area contributed by atoms with Gasteiger partial charge in [0.05, 0.1) is 25.4 Å². The summed E-state index contributed by atoms with van der Waals surface area (Å²) < 4.78 is 7.13. The van der Waals surface area contributed by atoms with Gasteiger partial charge in [0.1, 0.15) is 11.6 Å². The lowest BCUT2D eigenvalue weighted by molar-refractivity contribution is 0.104. The van der Waals surface area contributed by atoms with E-state index in [1.807, 2.05) is 53.2 Å². The smallest absolute Gasteiger partial charge is 0.190 e. The molecular formula is C22H21N3O2. The van der Waals surface area contributed by atoms with Crippen LogP contribution in [0.4, 0.5) is 5.82 Å². The summed E-state index contributed by atoms with van der Waals surface area (Å²) in [5, 5.41) is 4.51. The van der Waals surface area contributed by atoms with Crippen LogP contribution in [-0.2, 0) is 13.1 Å². The fourth-order valence-corrected chi connectivity index (χ4v) is 3.31. The number of anilines is 1. The zero-order chi connectivity index (χ0) is 18.6. The Balaban J connectivity index is 1.67. The summed E-state index contributed by atoms with van der Waals surface area (Å²) in [6.45, 7) is 1.99. The van der Waals surface area contributed by atoms with Crippen molar-refractivity contribution in [2.75, 3.05) is 18.6 Å². The monoisotopic (exact) mass is 359 g/mol. The number of fused-ring (bicyclic) bond motifs is 1. The molecule has 1 aliphatic rings. The number of allylic oxidation sites excluding steroid dienone is 1. The molecule has 2 heterocycles. The van der Waals surface area contributed by atoms with Crippen molar-refractivity contribution in [1.29, 1.82) is 0 Å². The van der Waals surface area contributed by atoms with Crippen LogP contribution in [0.15, 0.2) is 72.9 Å². The quantitative estimate of drug-likeness (QED) is 0.697. The fraction of sp³-hybridized carbons (Fsp3) is 0.182. The van der Waals surface area contributed by atoms with Gasteiger partial charge in [0, 0.05) is 13.1 Å². The predicted octanol–water partition coefficient (Wildman–Crippen LogP) is 3.70. The first-order valence-electron chi connectivity index (χ1n) is 8.93. The third-order valence-electron chi connectivity index (χ3n) is 4.68. The molecule has 0 saturated heterocycles. The molecule has 3 aromatic rings. The second-order valence-electron chi connectivity index (χ2n) is 6.52. The number of carbonyl (C=O) groups is 1. The van der Waals surface area contributed by atoms with E-state index in [4.69, 9.17) is 4.74 Å². The average Bonchev–Trinajstić information content (AvgIpc) is 3.05. The topological polar surface area (TPSA) is 47.4 Å². The minimum absolute atomic E-state index is 0.00143. The molecule has 0 radical (unpaired) electrons. The molecule has 27 heavy (non-hydrogen) atoms. The normalized spacial score (nSPS) is 13.4. The summed E-state index contributed by atoms with van der Waals surface area (Å²) in [6, 6.07) is 18.2. The van der Waals surface area contributed by atoms with E-state index in [1.54, 1.807) is 19.4 Å². The van der Waals surface area contributed by atoms with E-state index in [0.717, 1.165) is 23.7 Å². The average molecular weight is 359 g/mol. The highest BCUT2D eigenvalue weighted by atomic mass is 16.5. The van der Waals surface area contributed by atoms with Crippen LogP contribution in [0.2, 0.25) is 0 Å². The first kappa shape index (κ1) is 17.1. The number of aromatic nitrogens is 2. The summed E-state index contributed by atoms with van der Waals surface area (Å²) in [7, 11) is 1.66. The number of hydrogen-bond acceptors (Lipinski definition) is 4. The van der Waals surface area contributed by atoms with Gasteiger partial charge >= 0.3 is 0 Å². The molecule has 0 amide bonds. The molecule has 136 valence electrons. The Morgan fingerprint density at radius 2 is 1.74 bits per heavy atom. The lowest BCUT2D eigenvalue weighted by Gasteiger charge is -2.24. The standard InChI is InChI=1S/C22H21N3O2/c1-27-19-11-9-18(10-12-19)16-25-22-20(14-23-25)21(26)8-5-13-24(22)15-17-6-3-2-4-7-17/h2-12,14H,13,15-16H2,1H3. The van der Waals surface area contributed by atoms with E-state index in [2.05, 4.69) is 22.1 Å². The van der Waals surface area contributed by atoms with Gasteiger partial charge in [0.25, 0.3) is 0 Å². The van der Waals surface area contributed by atoms with Gasteiger partial charge in [-0.25, -0.2) is 4.68 Å². The van der Waals surface area contributed by atoms with Crippen molar-refractivity contribution in [2.24, 2.45) is 0 Å². The van der Waals surface area contributed by atoms with Gasteiger partial charge in [0.15, 0.2) is 5.78 Å². The largest absolute Gasteiger partial charge is 0.497 e. The number of ketones is 1. The molecule has 0 spiro atoms. The highest BCUT2D eigenvalue weighted by molar-refractivity contribution is 6.08. The van der Waals surface area contributed by atoms with Crippen molar-refractivity contribution < 1.29 is 9.53 Å². The SMILES string of the molecule is COc1ccc(Cn2ncc3c2N(Cc2ccccc2)CC=CC3=O)cc1. The van der Waals surface area contributed by atoms with Crippen molar-refractivity contribution >= 4 is 11.6 Å². The number of benzene rings is 2. The molecule has 5 nitrogen and oxygen atoms in total. The van der Waals surface area contributed by atoms with E-state index in [1.165, 1.54) is 5.56 Å². The Labute approximate surface area is 158 Å². The Morgan fingerprint density at radius 1 is 1.00 bits per heavy atom. The van der Waals surface area contributed by atoms with E-state index < -0.39 is 0 Å². The van der Waals surface area contributed by atoms with Crippen molar-refractivity contribution in [3.63, 3.8) is 0 Å². The molecule has 1 aromatic heterocycles. The Morgan fingerprint density at radius 3 is 2.48 bits per heavy atom. The molecule has 4 rings (SSSR count). The Hall–Kier alpha value is -3.34. The van der Waals surface area contributed by atoms with Gasteiger partial charge in [-0.15, -0.1) is 0 Å². The second kappa shape index (κ2) is 7.50. The molecule has 0 aliphatic carbocycles. The number of methoxy groups -OCH3 is 1. The van der Waals surface area contributed by atoms with Crippen LogP contribution in [0.1, 0.15) is 21.5 Å². The Kier molecular flexibility index (Phi) is 4.75. The summed E-state index contributed by atoms with van der Waals surface area (Å²) in [4.78, 5) is 14.7. The van der Waals surface area contributed by atoms with E-state index >= 15 is 0 Å². The molecule has 2 aromatic carbocycles. The molecule has 0 fully saturated rings. The highest BCUT2D eigenvalue weighted by Gasteiger charge is 2.23. The summed E-state index contributed by atoms with van der Waals surface area (Å²) in [6.07, 6.45) is 5.24. The molecule has 1 aliphatic heterocycles. The zero-order valence-electron chi connectivity index (χ0n) is 15.2. The minimum Gasteiger partial charge on any atom is -0.497 e. The molecule has 0 unspecified atom stereocenters. The maximum absolute atomic E-state index is 12.5. The number of carbonyl (C=O) groups excluding carboxylic acids is 1. The zero-order valence-corrected chi connectivity index (χ0v) is 15.2. The number of hydrogen-bond donors (Lipinski definition) is 0. The van der Waals surface area contributed by atoms with Crippen LogP contribution in [0.5, 0.6) is 5.75 Å². The van der Waals surface area contributed by atoms with Gasteiger partial charge in [-0.05, 0) is 29.3 Å². The third-order valence-corrected chi connectivity index (χ3v) is 4.68. The maximum Gasteiger partial charge on any atom is 0.190 e. The third kappa shape index (κ3) is 3.62. The summed E-state index contributed by atoms with van der Waals surface area (Å²) >= 11 is 0. The molecule has 0 saturated carbocycles. The van der Waals surface area contributed by atoms with Crippen LogP contribution in [-0.4, -0.2) is 29.2 Å². The summed E-state index contributed by atoms with van der Waals surface area (Å²) in [5.74, 6) is 1.69. The summed E-state index contributed by atoms with van der Waals surface area (Å²) in [5.41, 5.74) is 2.95. The first-order valence-corrected chi connectivity index (χ1v) is 8.93. The molecule has 5 heteroatoms. The molecule has 0 bridgehead atoms. The lowest BCUT2D eigenvalue weighted by Crippen LogP contribution is -2.26. The van der Waals surface area contributed by atoms with Gasteiger partial charge in [-0.1, -0.05) is 48.5 Å². The van der Waals surface area contributed by atoms with Crippen molar-refractivity contribution in [2.45, 2.75) is 13.1 Å². The lowest BCUT2D eigenvalue weighted by atomic mass is 10.2. The molecule has 0 atom stereocenters.